The van der Waals surface area contributed by atoms with Crippen molar-refractivity contribution in [1.82, 2.24) is 0 Å². The molecule has 2 aromatic rings. The van der Waals surface area contributed by atoms with Crippen LogP contribution in [0.3, 0.4) is 0 Å². The Balaban J connectivity index is 2.50. The summed E-state index contributed by atoms with van der Waals surface area (Å²) in [5.74, 6) is -0.938. The molecule has 0 spiro atoms. The van der Waals surface area contributed by atoms with Crippen molar-refractivity contribution < 1.29 is 9.59 Å². The minimum Gasteiger partial charge on any atom is -0.397 e. The second kappa shape index (κ2) is 5.52. The van der Waals surface area contributed by atoms with Crippen molar-refractivity contribution >= 4 is 45.3 Å². The maximum Gasteiger partial charge on any atom is 0.253 e. The number of rotatable bonds is 4. The van der Waals surface area contributed by atoms with Crippen LogP contribution in [0.15, 0.2) is 24.3 Å². The van der Waals surface area contributed by atoms with E-state index in [2.05, 4.69) is 5.32 Å². The van der Waals surface area contributed by atoms with Gasteiger partial charge in [0.15, 0.2) is 0 Å². The summed E-state index contributed by atoms with van der Waals surface area (Å²) in [5.41, 5.74) is 11.9. The van der Waals surface area contributed by atoms with Crippen LogP contribution >= 0.6 is 22.9 Å². The van der Waals surface area contributed by atoms with Crippen LogP contribution in [0.2, 0.25) is 5.02 Å². The minimum atomic E-state index is -0.668. The van der Waals surface area contributed by atoms with Crippen molar-refractivity contribution in [2.45, 2.75) is 0 Å². The Hall–Kier alpha value is -2.05. The summed E-state index contributed by atoms with van der Waals surface area (Å²) in [4.78, 5) is 24.1. The van der Waals surface area contributed by atoms with Crippen LogP contribution in [0.1, 0.15) is 25.6 Å². The van der Waals surface area contributed by atoms with Gasteiger partial charge in [0, 0.05) is 17.6 Å². The Morgan fingerprint density at radius 1 is 1.25 bits per heavy atom. The van der Waals surface area contributed by atoms with Gasteiger partial charge in [-0.2, -0.15) is 0 Å². The van der Waals surface area contributed by atoms with E-state index in [0.717, 1.165) is 11.3 Å². The predicted molar refractivity (Wildman–Crippen MR) is 81.7 cm³/mol. The molecular weight excluding hydrogens is 298 g/mol. The Labute approximate surface area is 124 Å². The summed E-state index contributed by atoms with van der Waals surface area (Å²) in [6.07, 6.45) is 0. The van der Waals surface area contributed by atoms with E-state index in [-0.39, 0.29) is 21.9 Å². The maximum atomic E-state index is 12.4. The average Bonchev–Trinajstić information content (AvgIpc) is 2.75. The molecule has 0 aliphatic rings. The van der Waals surface area contributed by atoms with E-state index in [1.54, 1.807) is 31.3 Å². The fourth-order valence-electron chi connectivity index (χ4n) is 1.77. The van der Waals surface area contributed by atoms with Gasteiger partial charge in [-0.1, -0.05) is 11.6 Å². The topological polar surface area (TPSA) is 98.2 Å². The molecule has 1 aromatic heterocycles. The largest absolute Gasteiger partial charge is 0.397 e. The second-order valence-corrected chi connectivity index (χ2v) is 5.46. The monoisotopic (exact) mass is 309 g/mol. The molecule has 1 heterocycles. The van der Waals surface area contributed by atoms with Crippen molar-refractivity contribution in [2.24, 2.45) is 5.73 Å². The van der Waals surface area contributed by atoms with E-state index < -0.39 is 5.91 Å². The van der Waals surface area contributed by atoms with Crippen molar-refractivity contribution in [2.75, 3.05) is 18.1 Å². The van der Waals surface area contributed by atoms with E-state index >= 15 is 0 Å². The van der Waals surface area contributed by atoms with E-state index in [4.69, 9.17) is 23.1 Å². The number of amides is 1. The van der Waals surface area contributed by atoms with Crippen LogP contribution in [0.25, 0.3) is 0 Å². The van der Waals surface area contributed by atoms with Crippen molar-refractivity contribution in [3.63, 3.8) is 0 Å². The van der Waals surface area contributed by atoms with Gasteiger partial charge in [0.05, 0.1) is 11.3 Å². The summed E-state index contributed by atoms with van der Waals surface area (Å²) in [5, 5.41) is 3.83. The van der Waals surface area contributed by atoms with Crippen LogP contribution < -0.4 is 16.8 Å². The third kappa shape index (κ3) is 2.48. The number of anilines is 2. The zero-order valence-electron chi connectivity index (χ0n) is 10.6. The molecular formula is C13H12ClN3O2S. The summed E-state index contributed by atoms with van der Waals surface area (Å²) >= 11 is 6.88. The molecule has 0 saturated carbocycles. The summed E-state index contributed by atoms with van der Waals surface area (Å²) < 4.78 is 0. The molecule has 0 bridgehead atoms. The molecule has 0 radical (unpaired) electrons. The zero-order chi connectivity index (χ0) is 14.9. The Kier molecular flexibility index (Phi) is 3.96. The molecule has 7 heteroatoms. The molecule has 0 aliphatic carbocycles. The molecule has 0 saturated heterocycles. The summed E-state index contributed by atoms with van der Waals surface area (Å²) in [6.45, 7) is 0. The highest BCUT2D eigenvalue weighted by Crippen LogP contribution is 2.36. The van der Waals surface area contributed by atoms with Gasteiger partial charge in [-0.05, 0) is 24.3 Å². The standard InChI is InChI=1S/C13H12ClN3O2S/c1-17-13-8(12(16)19)9(15)11(20-13)10(18)6-2-4-7(14)5-3-6/h2-5,17H,15H2,1H3,(H2,16,19). The van der Waals surface area contributed by atoms with E-state index in [9.17, 15) is 9.59 Å². The molecule has 5 N–H and O–H groups in total. The van der Waals surface area contributed by atoms with Crippen LogP contribution in [-0.4, -0.2) is 18.7 Å². The molecule has 1 aromatic carbocycles. The smallest absolute Gasteiger partial charge is 0.253 e. The number of nitrogen functional groups attached to an aromatic ring is 1. The SMILES string of the molecule is CNc1sc(C(=O)c2ccc(Cl)cc2)c(N)c1C(N)=O. The van der Waals surface area contributed by atoms with Crippen molar-refractivity contribution in [1.29, 1.82) is 0 Å². The maximum absolute atomic E-state index is 12.4. The fourth-order valence-corrected chi connectivity index (χ4v) is 2.93. The molecule has 1 amide bonds. The number of benzene rings is 1. The van der Waals surface area contributed by atoms with Gasteiger partial charge in [-0.25, -0.2) is 0 Å². The third-order valence-corrected chi connectivity index (χ3v) is 4.21. The van der Waals surface area contributed by atoms with E-state index in [1.165, 1.54) is 0 Å². The van der Waals surface area contributed by atoms with E-state index in [0.29, 0.717) is 15.6 Å². The van der Waals surface area contributed by atoms with Gasteiger partial charge in [0.1, 0.15) is 9.88 Å². The Morgan fingerprint density at radius 3 is 2.30 bits per heavy atom. The van der Waals surface area contributed by atoms with Gasteiger partial charge in [0.2, 0.25) is 5.78 Å². The number of hydrogen-bond donors (Lipinski definition) is 3. The number of nitrogens with one attached hydrogen (secondary N) is 1. The molecule has 104 valence electrons. The number of ketones is 1. The number of halogens is 1. The quantitative estimate of drug-likeness (QED) is 0.755. The summed E-state index contributed by atoms with van der Waals surface area (Å²) in [6, 6.07) is 6.44. The lowest BCUT2D eigenvalue weighted by Gasteiger charge is -2.01. The van der Waals surface area contributed by atoms with Gasteiger partial charge in [-0.15, -0.1) is 11.3 Å². The first kappa shape index (κ1) is 14.4. The highest BCUT2D eigenvalue weighted by molar-refractivity contribution is 7.19. The first-order chi connectivity index (χ1) is 9.45. The fraction of sp³-hybridized carbons (Fsp3) is 0.0769. The van der Waals surface area contributed by atoms with Crippen LogP contribution in [-0.2, 0) is 0 Å². The first-order valence-corrected chi connectivity index (χ1v) is 6.85. The highest BCUT2D eigenvalue weighted by Gasteiger charge is 2.24. The average molecular weight is 310 g/mol. The minimum absolute atomic E-state index is 0.104. The number of hydrogen-bond acceptors (Lipinski definition) is 5. The zero-order valence-corrected chi connectivity index (χ0v) is 12.1. The van der Waals surface area contributed by atoms with Crippen molar-refractivity contribution in [3.8, 4) is 0 Å². The normalized spacial score (nSPS) is 10.3. The number of carbonyl (C=O) groups excluding carboxylic acids is 2. The molecule has 0 atom stereocenters. The number of carbonyl (C=O) groups is 2. The number of thiophene rings is 1. The lowest BCUT2D eigenvalue weighted by Crippen LogP contribution is -2.14. The molecule has 0 aliphatic heterocycles. The number of primary amides is 1. The first-order valence-electron chi connectivity index (χ1n) is 5.65. The van der Waals surface area contributed by atoms with E-state index in [1.807, 2.05) is 0 Å². The van der Waals surface area contributed by atoms with Gasteiger partial charge in [-0.3, -0.25) is 9.59 Å². The Morgan fingerprint density at radius 2 is 1.85 bits per heavy atom. The van der Waals surface area contributed by atoms with Crippen LogP contribution in [0.4, 0.5) is 10.7 Å². The van der Waals surface area contributed by atoms with Crippen LogP contribution in [0.5, 0.6) is 0 Å². The molecule has 0 unspecified atom stereocenters. The molecule has 5 nitrogen and oxygen atoms in total. The van der Waals surface area contributed by atoms with Gasteiger partial charge in [0.25, 0.3) is 5.91 Å². The lowest BCUT2D eigenvalue weighted by molar-refractivity contribution is 0.100. The van der Waals surface area contributed by atoms with Gasteiger partial charge >= 0.3 is 0 Å². The molecule has 0 fully saturated rings. The third-order valence-electron chi connectivity index (χ3n) is 2.73. The predicted octanol–water partition coefficient (Wildman–Crippen LogP) is 2.36. The Bertz CT molecular complexity index is 680. The number of nitrogens with two attached hydrogens (primary N) is 2. The molecule has 2 rings (SSSR count). The summed E-state index contributed by atoms with van der Waals surface area (Å²) in [7, 11) is 1.63. The molecule has 20 heavy (non-hydrogen) atoms. The highest BCUT2D eigenvalue weighted by atomic mass is 35.5. The second-order valence-electron chi connectivity index (χ2n) is 4.00. The van der Waals surface area contributed by atoms with Gasteiger partial charge < -0.3 is 16.8 Å². The van der Waals surface area contributed by atoms with Crippen LogP contribution in [0, 0.1) is 0 Å². The lowest BCUT2D eigenvalue weighted by atomic mass is 10.1. The van der Waals surface area contributed by atoms with Crippen molar-refractivity contribution in [3.05, 3.63) is 45.3 Å².